The first kappa shape index (κ1) is 9.14. The molecule has 1 atom stereocenters. The van der Waals surface area contributed by atoms with Gasteiger partial charge in [-0.05, 0) is 19.4 Å². The van der Waals surface area contributed by atoms with Gasteiger partial charge in [0.15, 0.2) is 0 Å². The molecule has 0 aromatic carbocycles. The van der Waals surface area contributed by atoms with Gasteiger partial charge < -0.3 is 9.88 Å². The van der Waals surface area contributed by atoms with Crippen molar-refractivity contribution in [2.75, 3.05) is 11.9 Å². The maximum Gasteiger partial charge on any atom is 0.243 e. The highest BCUT2D eigenvalue weighted by atomic mass is 16.2. The van der Waals surface area contributed by atoms with Crippen LogP contribution in [0, 0.1) is 0 Å². The van der Waals surface area contributed by atoms with Crippen LogP contribution in [0.1, 0.15) is 12.8 Å². The Morgan fingerprint density at radius 1 is 1.79 bits per heavy atom. The molecule has 1 aliphatic rings. The van der Waals surface area contributed by atoms with Gasteiger partial charge in [0.1, 0.15) is 6.33 Å². The molecule has 1 amide bonds. The minimum absolute atomic E-state index is 0.0291. The Labute approximate surface area is 81.7 Å². The molecule has 6 heteroatoms. The van der Waals surface area contributed by atoms with E-state index in [4.69, 9.17) is 0 Å². The number of carbonyl (C=O) groups excluding carboxylic acids is 1. The number of hydrogen-bond acceptors (Lipinski definition) is 4. The van der Waals surface area contributed by atoms with Crippen molar-refractivity contribution in [2.45, 2.75) is 18.9 Å². The summed E-state index contributed by atoms with van der Waals surface area (Å²) in [6.07, 6.45) is 3.50. The molecule has 76 valence electrons. The fourth-order valence-corrected chi connectivity index (χ4v) is 1.50. The number of nitrogens with one attached hydrogen (secondary N) is 2. The van der Waals surface area contributed by atoms with Gasteiger partial charge in [0.05, 0.1) is 6.04 Å². The third-order valence-corrected chi connectivity index (χ3v) is 2.32. The molecule has 2 N–H and O–H groups in total. The fraction of sp³-hybridized carbons (Fsp3) is 0.625. The number of nitrogens with zero attached hydrogens (tertiary/aromatic N) is 3. The third kappa shape index (κ3) is 1.74. The number of hydrogen-bond donors (Lipinski definition) is 2. The van der Waals surface area contributed by atoms with Gasteiger partial charge in [0.2, 0.25) is 11.9 Å². The summed E-state index contributed by atoms with van der Waals surface area (Å²) in [6.45, 7) is 0.914. The largest absolute Gasteiger partial charge is 0.306 e. The minimum Gasteiger partial charge on any atom is -0.306 e. The summed E-state index contributed by atoms with van der Waals surface area (Å²) in [4.78, 5) is 11.6. The van der Waals surface area contributed by atoms with Gasteiger partial charge in [-0.3, -0.25) is 10.1 Å². The van der Waals surface area contributed by atoms with Gasteiger partial charge in [-0.2, -0.15) is 0 Å². The Morgan fingerprint density at radius 2 is 2.64 bits per heavy atom. The molecule has 2 rings (SSSR count). The smallest absolute Gasteiger partial charge is 0.243 e. The Balaban J connectivity index is 1.97. The molecule has 0 bridgehead atoms. The van der Waals surface area contributed by atoms with Gasteiger partial charge in [0, 0.05) is 7.05 Å². The highest BCUT2D eigenvalue weighted by Gasteiger charge is 2.22. The molecule has 0 radical (unpaired) electrons. The van der Waals surface area contributed by atoms with Gasteiger partial charge in [0.25, 0.3) is 0 Å². The van der Waals surface area contributed by atoms with Crippen LogP contribution in [0.25, 0.3) is 0 Å². The van der Waals surface area contributed by atoms with Crippen LogP contribution in [0.4, 0.5) is 5.95 Å². The lowest BCUT2D eigenvalue weighted by Crippen LogP contribution is -2.36. The van der Waals surface area contributed by atoms with Crippen molar-refractivity contribution in [3.05, 3.63) is 6.33 Å². The zero-order valence-electron chi connectivity index (χ0n) is 8.03. The Kier molecular flexibility index (Phi) is 2.45. The van der Waals surface area contributed by atoms with Crippen LogP contribution in [0.2, 0.25) is 0 Å². The molecule has 14 heavy (non-hydrogen) atoms. The molecular weight excluding hydrogens is 182 g/mol. The van der Waals surface area contributed by atoms with Crippen molar-refractivity contribution in [3.8, 4) is 0 Å². The highest BCUT2D eigenvalue weighted by molar-refractivity contribution is 5.93. The van der Waals surface area contributed by atoms with E-state index in [2.05, 4.69) is 20.8 Å². The third-order valence-electron chi connectivity index (χ3n) is 2.32. The summed E-state index contributed by atoms with van der Waals surface area (Å²) >= 11 is 0. The SMILES string of the molecule is Cn1cnnc1NC(=O)[C@H]1CCCN1. The van der Waals surface area contributed by atoms with E-state index in [1.54, 1.807) is 17.9 Å². The number of anilines is 1. The monoisotopic (exact) mass is 195 g/mol. The number of aryl methyl sites for hydroxylation is 1. The minimum atomic E-state index is -0.0771. The second kappa shape index (κ2) is 3.75. The summed E-state index contributed by atoms with van der Waals surface area (Å²) in [5.74, 6) is 0.460. The Bertz CT molecular complexity index is 328. The Morgan fingerprint density at radius 3 is 3.21 bits per heavy atom. The first-order valence-electron chi connectivity index (χ1n) is 4.65. The van der Waals surface area contributed by atoms with Gasteiger partial charge in [-0.25, -0.2) is 0 Å². The molecule has 0 aliphatic carbocycles. The van der Waals surface area contributed by atoms with Crippen molar-refractivity contribution in [1.29, 1.82) is 0 Å². The lowest BCUT2D eigenvalue weighted by Gasteiger charge is -2.09. The van der Waals surface area contributed by atoms with E-state index in [0.29, 0.717) is 5.95 Å². The van der Waals surface area contributed by atoms with E-state index in [1.807, 2.05) is 0 Å². The maximum atomic E-state index is 11.6. The number of rotatable bonds is 2. The molecule has 1 fully saturated rings. The predicted octanol–water partition coefficient (Wildman–Crippen LogP) is -0.494. The van der Waals surface area contributed by atoms with Crippen molar-refractivity contribution < 1.29 is 4.79 Å². The van der Waals surface area contributed by atoms with E-state index in [-0.39, 0.29) is 11.9 Å². The standard InChI is InChI=1S/C8H13N5O/c1-13-5-10-12-8(13)11-7(14)6-3-2-4-9-6/h5-6,9H,2-4H2,1H3,(H,11,12,14)/t6-/m1/s1. The van der Waals surface area contributed by atoms with Crippen LogP contribution >= 0.6 is 0 Å². The van der Waals surface area contributed by atoms with Crippen molar-refractivity contribution in [1.82, 2.24) is 20.1 Å². The van der Waals surface area contributed by atoms with Gasteiger partial charge in [-0.1, -0.05) is 0 Å². The maximum absolute atomic E-state index is 11.6. The second-order valence-electron chi connectivity index (χ2n) is 3.40. The van der Waals surface area contributed by atoms with Crippen LogP contribution in [-0.2, 0) is 11.8 Å². The van der Waals surface area contributed by atoms with E-state index < -0.39 is 0 Å². The van der Waals surface area contributed by atoms with Crippen molar-refractivity contribution in [2.24, 2.45) is 7.05 Å². The molecule has 1 aromatic heterocycles. The number of amides is 1. The summed E-state index contributed by atoms with van der Waals surface area (Å²) in [5, 5.41) is 13.3. The molecule has 2 heterocycles. The quantitative estimate of drug-likeness (QED) is 0.667. The zero-order valence-corrected chi connectivity index (χ0v) is 8.03. The van der Waals surface area contributed by atoms with E-state index in [0.717, 1.165) is 19.4 Å². The summed E-state index contributed by atoms with van der Waals surface area (Å²) < 4.78 is 1.67. The van der Waals surface area contributed by atoms with Crippen molar-refractivity contribution >= 4 is 11.9 Å². The molecule has 0 unspecified atom stereocenters. The summed E-state index contributed by atoms with van der Waals surface area (Å²) in [5.41, 5.74) is 0. The lowest BCUT2D eigenvalue weighted by molar-refractivity contribution is -0.117. The number of carbonyl (C=O) groups is 1. The Hall–Kier alpha value is -1.43. The van der Waals surface area contributed by atoms with Crippen molar-refractivity contribution in [3.63, 3.8) is 0 Å². The first-order chi connectivity index (χ1) is 6.77. The van der Waals surface area contributed by atoms with Gasteiger partial charge >= 0.3 is 0 Å². The van der Waals surface area contributed by atoms with Gasteiger partial charge in [-0.15, -0.1) is 10.2 Å². The average Bonchev–Trinajstić information content (AvgIpc) is 2.77. The van der Waals surface area contributed by atoms with Crippen LogP contribution in [-0.4, -0.2) is 33.3 Å². The van der Waals surface area contributed by atoms with E-state index in [1.165, 1.54) is 0 Å². The molecule has 1 saturated heterocycles. The zero-order chi connectivity index (χ0) is 9.97. The normalized spacial score (nSPS) is 21.1. The lowest BCUT2D eigenvalue weighted by atomic mass is 10.2. The average molecular weight is 195 g/mol. The molecule has 1 aromatic rings. The van der Waals surface area contributed by atoms with Crippen LogP contribution in [0.3, 0.4) is 0 Å². The molecule has 0 spiro atoms. The summed E-state index contributed by atoms with van der Waals surface area (Å²) in [7, 11) is 1.79. The first-order valence-corrected chi connectivity index (χ1v) is 4.65. The predicted molar refractivity (Wildman–Crippen MR) is 50.7 cm³/mol. The van der Waals surface area contributed by atoms with Crippen LogP contribution in [0.15, 0.2) is 6.33 Å². The van der Waals surface area contributed by atoms with E-state index in [9.17, 15) is 4.79 Å². The summed E-state index contributed by atoms with van der Waals surface area (Å²) in [6, 6.07) is -0.0771. The second-order valence-corrected chi connectivity index (χ2v) is 3.40. The number of aromatic nitrogens is 3. The molecule has 1 aliphatic heterocycles. The fourth-order valence-electron chi connectivity index (χ4n) is 1.50. The highest BCUT2D eigenvalue weighted by Crippen LogP contribution is 2.07. The van der Waals surface area contributed by atoms with Crippen LogP contribution in [0.5, 0.6) is 0 Å². The molecule has 0 saturated carbocycles. The molecular formula is C8H13N5O. The van der Waals surface area contributed by atoms with E-state index >= 15 is 0 Å². The molecule has 6 nitrogen and oxygen atoms in total. The topological polar surface area (TPSA) is 71.8 Å². The van der Waals surface area contributed by atoms with Crippen LogP contribution < -0.4 is 10.6 Å².